The molecular weight excluding hydrogens is 230 g/mol. The number of methoxy groups -OCH3 is 1. The van der Waals surface area contributed by atoms with E-state index in [4.69, 9.17) is 20.6 Å². The van der Waals surface area contributed by atoms with E-state index in [0.29, 0.717) is 5.75 Å². The molecule has 4 nitrogen and oxygen atoms in total. The second-order valence-corrected chi connectivity index (χ2v) is 4.52. The van der Waals surface area contributed by atoms with Gasteiger partial charge in [0.2, 0.25) is 12.5 Å². The normalized spacial score (nSPS) is 21.3. The van der Waals surface area contributed by atoms with Crippen LogP contribution in [0.5, 0.6) is 17.2 Å². The molecule has 0 bridgehead atoms. The quantitative estimate of drug-likeness (QED) is 0.703. The van der Waals surface area contributed by atoms with E-state index < -0.39 is 0 Å². The third-order valence-electron chi connectivity index (χ3n) is 3.55. The summed E-state index contributed by atoms with van der Waals surface area (Å²) < 4.78 is 16.4. The van der Waals surface area contributed by atoms with Gasteiger partial charge in [0.1, 0.15) is 6.04 Å². The van der Waals surface area contributed by atoms with Crippen LogP contribution in [0.2, 0.25) is 0 Å². The zero-order valence-corrected chi connectivity index (χ0v) is 10.5. The van der Waals surface area contributed by atoms with Crippen molar-refractivity contribution in [3.63, 3.8) is 0 Å². The highest BCUT2D eigenvalue weighted by atomic mass is 16.7. The molecule has 3 rings (SSSR count). The van der Waals surface area contributed by atoms with E-state index in [9.17, 15) is 0 Å². The number of benzene rings is 1. The minimum atomic E-state index is -0.0711. The molecule has 0 amide bonds. The Kier molecular flexibility index (Phi) is 2.57. The van der Waals surface area contributed by atoms with Crippen molar-refractivity contribution in [3.05, 3.63) is 17.2 Å². The van der Waals surface area contributed by atoms with Gasteiger partial charge in [0.15, 0.2) is 11.5 Å². The fourth-order valence-corrected chi connectivity index (χ4v) is 2.64. The highest BCUT2D eigenvalue weighted by Gasteiger charge is 2.32. The molecule has 1 atom stereocenters. The van der Waals surface area contributed by atoms with Crippen molar-refractivity contribution in [1.82, 2.24) is 4.90 Å². The zero-order valence-electron chi connectivity index (χ0n) is 10.5. The first-order valence-electron chi connectivity index (χ1n) is 5.92. The maximum absolute atomic E-state index is 5.66. The van der Waals surface area contributed by atoms with Crippen LogP contribution < -0.4 is 14.2 Å². The van der Waals surface area contributed by atoms with Gasteiger partial charge in [-0.2, -0.15) is 0 Å². The minimum absolute atomic E-state index is 0.0711. The number of hydrogen-bond donors (Lipinski definition) is 0. The number of nitrogens with zero attached hydrogens (tertiary/aromatic N) is 1. The summed E-state index contributed by atoms with van der Waals surface area (Å²) in [5.41, 5.74) is 2.23. The van der Waals surface area contributed by atoms with Crippen molar-refractivity contribution in [2.45, 2.75) is 12.5 Å². The van der Waals surface area contributed by atoms with Crippen LogP contribution in [0.4, 0.5) is 0 Å². The first kappa shape index (κ1) is 11.2. The molecule has 1 aromatic carbocycles. The molecule has 94 valence electrons. The van der Waals surface area contributed by atoms with Gasteiger partial charge in [-0.1, -0.05) is 5.92 Å². The lowest BCUT2D eigenvalue weighted by atomic mass is 9.91. The van der Waals surface area contributed by atoms with Gasteiger partial charge in [-0.05, 0) is 25.1 Å². The third-order valence-corrected chi connectivity index (χ3v) is 3.55. The number of rotatable bonds is 1. The second kappa shape index (κ2) is 4.11. The Morgan fingerprint density at radius 1 is 1.50 bits per heavy atom. The summed E-state index contributed by atoms with van der Waals surface area (Å²) in [7, 11) is 3.66. The summed E-state index contributed by atoms with van der Waals surface area (Å²) in [6.07, 6.45) is 6.60. The first-order valence-corrected chi connectivity index (χ1v) is 5.92. The van der Waals surface area contributed by atoms with Gasteiger partial charge in [-0.3, -0.25) is 4.90 Å². The number of terminal acetylenes is 1. The Labute approximate surface area is 106 Å². The van der Waals surface area contributed by atoms with Gasteiger partial charge in [0, 0.05) is 12.1 Å². The number of fused-ring (bicyclic) bond motifs is 2. The lowest BCUT2D eigenvalue weighted by Crippen LogP contribution is -2.31. The van der Waals surface area contributed by atoms with Crippen molar-refractivity contribution < 1.29 is 14.2 Å². The molecule has 1 aromatic rings. The average molecular weight is 245 g/mol. The molecule has 0 spiro atoms. The predicted molar refractivity (Wildman–Crippen MR) is 67.0 cm³/mol. The summed E-state index contributed by atoms with van der Waals surface area (Å²) in [4.78, 5) is 2.15. The van der Waals surface area contributed by atoms with Gasteiger partial charge in [0.25, 0.3) is 0 Å². The van der Waals surface area contributed by atoms with E-state index in [1.54, 1.807) is 7.11 Å². The van der Waals surface area contributed by atoms with Crippen LogP contribution >= 0.6 is 0 Å². The largest absolute Gasteiger partial charge is 0.492 e. The second-order valence-electron chi connectivity index (χ2n) is 4.52. The van der Waals surface area contributed by atoms with Crippen LogP contribution in [0.25, 0.3) is 0 Å². The molecule has 0 aliphatic carbocycles. The van der Waals surface area contributed by atoms with E-state index in [0.717, 1.165) is 30.0 Å². The van der Waals surface area contributed by atoms with Crippen molar-refractivity contribution in [2.24, 2.45) is 0 Å². The first-order chi connectivity index (χ1) is 8.76. The molecule has 2 aliphatic rings. The van der Waals surface area contributed by atoms with Crippen LogP contribution in [0.15, 0.2) is 6.07 Å². The fourth-order valence-electron chi connectivity index (χ4n) is 2.64. The van der Waals surface area contributed by atoms with Crippen LogP contribution in [0.3, 0.4) is 0 Å². The lowest BCUT2D eigenvalue weighted by Gasteiger charge is -2.32. The van der Waals surface area contributed by atoms with Crippen molar-refractivity contribution in [1.29, 1.82) is 0 Å². The Balaban J connectivity index is 2.23. The molecule has 0 N–H and O–H groups in total. The Bertz CT molecular complexity index is 533. The van der Waals surface area contributed by atoms with E-state index in [2.05, 4.69) is 10.8 Å². The van der Waals surface area contributed by atoms with Crippen molar-refractivity contribution >= 4 is 0 Å². The molecule has 2 aliphatic heterocycles. The van der Waals surface area contributed by atoms with Gasteiger partial charge in [-0.25, -0.2) is 0 Å². The van der Waals surface area contributed by atoms with Crippen molar-refractivity contribution in [3.8, 4) is 29.6 Å². The lowest BCUT2D eigenvalue weighted by molar-refractivity contribution is 0.171. The molecule has 0 saturated heterocycles. The average Bonchev–Trinajstić information content (AvgIpc) is 2.84. The third kappa shape index (κ3) is 1.44. The zero-order chi connectivity index (χ0) is 12.7. The summed E-state index contributed by atoms with van der Waals surface area (Å²) in [5.74, 6) is 4.97. The predicted octanol–water partition coefficient (Wildman–Crippen LogP) is 1.59. The smallest absolute Gasteiger partial charge is 0.231 e. The molecule has 4 heteroatoms. The van der Waals surface area contributed by atoms with E-state index in [1.807, 2.05) is 13.1 Å². The minimum Gasteiger partial charge on any atom is -0.492 e. The molecule has 0 saturated carbocycles. The van der Waals surface area contributed by atoms with E-state index in [1.165, 1.54) is 5.56 Å². The van der Waals surface area contributed by atoms with E-state index >= 15 is 0 Å². The van der Waals surface area contributed by atoms with Gasteiger partial charge in [0.05, 0.1) is 7.11 Å². The highest BCUT2D eigenvalue weighted by Crippen LogP contribution is 2.49. The maximum Gasteiger partial charge on any atom is 0.231 e. The monoisotopic (exact) mass is 245 g/mol. The summed E-state index contributed by atoms with van der Waals surface area (Å²) in [5, 5.41) is 0. The summed E-state index contributed by atoms with van der Waals surface area (Å²) in [6.45, 7) is 1.18. The standard InChI is InChI=1S/C14H15NO3/c1-4-10-12-9(5-6-15(10)2)7-11-13(14(12)16-3)18-8-17-11/h1,7,10H,5-6,8H2,2-3H3. The van der Waals surface area contributed by atoms with Gasteiger partial charge in [-0.15, -0.1) is 6.42 Å². The number of hydrogen-bond acceptors (Lipinski definition) is 4. The molecule has 0 radical (unpaired) electrons. The topological polar surface area (TPSA) is 30.9 Å². The van der Waals surface area contributed by atoms with Crippen LogP contribution in [-0.2, 0) is 6.42 Å². The molecular formula is C14H15NO3. The van der Waals surface area contributed by atoms with Crippen LogP contribution in [-0.4, -0.2) is 32.4 Å². The summed E-state index contributed by atoms with van der Waals surface area (Å²) >= 11 is 0. The molecule has 0 aromatic heterocycles. The molecule has 2 heterocycles. The van der Waals surface area contributed by atoms with Crippen molar-refractivity contribution in [2.75, 3.05) is 27.5 Å². The van der Waals surface area contributed by atoms with Crippen LogP contribution in [0, 0.1) is 12.3 Å². The highest BCUT2D eigenvalue weighted by molar-refractivity contribution is 5.62. The molecule has 1 unspecified atom stereocenters. The number of likely N-dealkylation sites (N-methyl/N-ethyl adjacent to an activating group) is 1. The maximum atomic E-state index is 5.66. The Hall–Kier alpha value is -1.86. The van der Waals surface area contributed by atoms with Crippen LogP contribution in [0.1, 0.15) is 17.2 Å². The molecule has 18 heavy (non-hydrogen) atoms. The fraction of sp³-hybridized carbons (Fsp3) is 0.429. The van der Waals surface area contributed by atoms with E-state index in [-0.39, 0.29) is 12.8 Å². The Morgan fingerprint density at radius 2 is 2.33 bits per heavy atom. The van der Waals surface area contributed by atoms with Gasteiger partial charge >= 0.3 is 0 Å². The SMILES string of the molecule is C#CC1c2c(cc3c(c2OC)OCO3)CCN1C. The summed E-state index contributed by atoms with van der Waals surface area (Å²) in [6, 6.07) is 1.95. The van der Waals surface area contributed by atoms with Gasteiger partial charge < -0.3 is 14.2 Å². The molecule has 0 fully saturated rings. The number of ether oxygens (including phenoxy) is 3. The Morgan fingerprint density at radius 3 is 3.06 bits per heavy atom.